The molecule has 2 heterocycles. The zero-order valence-corrected chi connectivity index (χ0v) is 15.1. The lowest BCUT2D eigenvalue weighted by atomic mass is 10.1. The molecule has 1 saturated heterocycles. The van der Waals surface area contributed by atoms with Gasteiger partial charge in [0, 0.05) is 38.1 Å². The summed E-state index contributed by atoms with van der Waals surface area (Å²) in [7, 11) is 0. The zero-order chi connectivity index (χ0) is 18.6. The van der Waals surface area contributed by atoms with E-state index in [2.05, 4.69) is 19.8 Å². The minimum atomic E-state index is 0.179. The maximum absolute atomic E-state index is 9.08. The monoisotopic (exact) mass is 365 g/mol. The number of rotatable bonds is 5. The second kappa shape index (κ2) is 7.77. The third-order valence-electron chi connectivity index (χ3n) is 4.87. The van der Waals surface area contributed by atoms with Gasteiger partial charge in [0.2, 0.25) is 5.88 Å². The summed E-state index contributed by atoms with van der Waals surface area (Å²) in [6.45, 7) is 4.21. The molecule has 0 atom stereocenters. The molecular formula is C20H23N5O2. The Hall–Kier alpha value is -2.90. The van der Waals surface area contributed by atoms with Crippen LogP contribution in [0.5, 0.6) is 11.6 Å². The van der Waals surface area contributed by atoms with Gasteiger partial charge in [-0.1, -0.05) is 36.4 Å². The highest BCUT2D eigenvalue weighted by Crippen LogP contribution is 2.34. The van der Waals surface area contributed by atoms with Crippen LogP contribution >= 0.6 is 0 Å². The first kappa shape index (κ1) is 17.5. The Morgan fingerprint density at radius 3 is 2.59 bits per heavy atom. The van der Waals surface area contributed by atoms with Crippen molar-refractivity contribution in [2.24, 2.45) is 0 Å². The van der Waals surface area contributed by atoms with Crippen molar-refractivity contribution >= 4 is 22.3 Å². The molecule has 3 aromatic rings. The van der Waals surface area contributed by atoms with Crippen molar-refractivity contribution in [3.8, 4) is 11.6 Å². The molecule has 0 spiro atoms. The van der Waals surface area contributed by atoms with E-state index in [-0.39, 0.29) is 6.61 Å². The van der Waals surface area contributed by atoms with E-state index >= 15 is 0 Å². The number of aromatic nitrogens is 2. The van der Waals surface area contributed by atoms with Crippen molar-refractivity contribution in [2.75, 3.05) is 50.0 Å². The molecule has 3 N–H and O–H groups in total. The maximum atomic E-state index is 9.08. The van der Waals surface area contributed by atoms with Gasteiger partial charge in [0.15, 0.2) is 5.82 Å². The molecule has 7 heteroatoms. The lowest BCUT2D eigenvalue weighted by molar-refractivity contribution is 0.188. The van der Waals surface area contributed by atoms with Gasteiger partial charge in [-0.25, -0.2) is 4.98 Å². The quantitative estimate of drug-likeness (QED) is 0.716. The summed E-state index contributed by atoms with van der Waals surface area (Å²) in [5.74, 6) is 1.79. The Balaban J connectivity index is 1.57. The number of β-amino-alcohol motifs (C(OH)–C–C–N with tert-alkyl or cyclic N) is 1. The Morgan fingerprint density at radius 1 is 1.00 bits per heavy atom. The third-order valence-corrected chi connectivity index (χ3v) is 4.87. The number of nitrogens with zero attached hydrogens (tertiary/aromatic N) is 4. The molecule has 7 nitrogen and oxygen atoms in total. The fourth-order valence-corrected chi connectivity index (χ4v) is 3.42. The van der Waals surface area contributed by atoms with E-state index in [9.17, 15) is 0 Å². The number of nitrogen functional groups attached to an aromatic ring is 1. The van der Waals surface area contributed by atoms with Gasteiger partial charge in [0.1, 0.15) is 17.8 Å². The van der Waals surface area contributed by atoms with Crippen LogP contribution in [0, 0.1) is 0 Å². The summed E-state index contributed by atoms with van der Waals surface area (Å²) in [5.41, 5.74) is 6.80. The van der Waals surface area contributed by atoms with Gasteiger partial charge >= 0.3 is 0 Å². The first-order chi connectivity index (χ1) is 13.3. The van der Waals surface area contributed by atoms with Gasteiger partial charge < -0.3 is 20.5 Å². The largest absolute Gasteiger partial charge is 0.436 e. The summed E-state index contributed by atoms with van der Waals surface area (Å²) < 4.78 is 6.07. The highest BCUT2D eigenvalue weighted by molar-refractivity contribution is 5.88. The molecule has 0 aliphatic carbocycles. The average molecular weight is 365 g/mol. The van der Waals surface area contributed by atoms with Crippen molar-refractivity contribution < 1.29 is 9.84 Å². The van der Waals surface area contributed by atoms with E-state index in [1.807, 2.05) is 42.5 Å². The number of hydrogen-bond acceptors (Lipinski definition) is 7. The molecule has 27 heavy (non-hydrogen) atoms. The number of fused-ring (bicyclic) bond motifs is 1. The van der Waals surface area contributed by atoms with Crippen molar-refractivity contribution in [3.05, 3.63) is 48.8 Å². The van der Waals surface area contributed by atoms with Crippen LogP contribution in [-0.4, -0.2) is 59.3 Å². The molecule has 0 radical (unpaired) electrons. The lowest BCUT2D eigenvalue weighted by Gasteiger charge is -2.35. The average Bonchev–Trinajstić information content (AvgIpc) is 2.71. The smallest absolute Gasteiger partial charge is 0.248 e. The standard InChI is InChI=1S/C20H23N5O2/c21-18-19(25-10-8-24(9-11-25)12-13-26)22-14-23-20(18)27-17-7-3-5-15-4-1-2-6-16(15)17/h1-7,14,26H,8-13,21H2. The second-order valence-electron chi connectivity index (χ2n) is 6.55. The molecule has 1 fully saturated rings. The Morgan fingerprint density at radius 2 is 1.78 bits per heavy atom. The van der Waals surface area contributed by atoms with Crippen LogP contribution < -0.4 is 15.4 Å². The third kappa shape index (κ3) is 3.65. The number of aliphatic hydroxyl groups excluding tert-OH is 1. The lowest BCUT2D eigenvalue weighted by Crippen LogP contribution is -2.47. The van der Waals surface area contributed by atoms with Crippen LogP contribution in [0.4, 0.5) is 11.5 Å². The summed E-state index contributed by atoms with van der Waals surface area (Å²) >= 11 is 0. The van der Waals surface area contributed by atoms with Gasteiger partial charge in [0.05, 0.1) is 6.61 Å². The van der Waals surface area contributed by atoms with Crippen molar-refractivity contribution in [2.45, 2.75) is 0 Å². The first-order valence-electron chi connectivity index (χ1n) is 9.10. The SMILES string of the molecule is Nc1c(Oc2cccc3ccccc23)ncnc1N1CCN(CCO)CC1. The summed E-state index contributed by atoms with van der Waals surface area (Å²) in [4.78, 5) is 13.0. The van der Waals surface area contributed by atoms with Crippen LogP contribution in [0.15, 0.2) is 48.8 Å². The van der Waals surface area contributed by atoms with Crippen LogP contribution in [0.3, 0.4) is 0 Å². The molecule has 1 aliphatic rings. The van der Waals surface area contributed by atoms with Gasteiger partial charge in [-0.15, -0.1) is 0 Å². The summed E-state index contributed by atoms with van der Waals surface area (Å²) in [6, 6.07) is 14.0. The maximum Gasteiger partial charge on any atom is 0.248 e. The zero-order valence-electron chi connectivity index (χ0n) is 15.1. The second-order valence-corrected chi connectivity index (χ2v) is 6.55. The van der Waals surface area contributed by atoms with Crippen LogP contribution in [0.1, 0.15) is 0 Å². The fourth-order valence-electron chi connectivity index (χ4n) is 3.42. The highest BCUT2D eigenvalue weighted by atomic mass is 16.5. The topological polar surface area (TPSA) is 87.7 Å². The van der Waals surface area contributed by atoms with E-state index in [1.54, 1.807) is 0 Å². The predicted molar refractivity (Wildman–Crippen MR) is 106 cm³/mol. The summed E-state index contributed by atoms with van der Waals surface area (Å²) in [5, 5.41) is 11.2. The molecule has 0 unspecified atom stereocenters. The van der Waals surface area contributed by atoms with Crippen molar-refractivity contribution in [1.29, 1.82) is 0 Å². The molecule has 0 amide bonds. The number of hydrogen-bond donors (Lipinski definition) is 2. The highest BCUT2D eigenvalue weighted by Gasteiger charge is 2.21. The molecule has 1 aromatic heterocycles. The van der Waals surface area contributed by atoms with E-state index in [0.29, 0.717) is 23.9 Å². The van der Waals surface area contributed by atoms with Crippen molar-refractivity contribution in [1.82, 2.24) is 14.9 Å². The minimum Gasteiger partial charge on any atom is -0.436 e. The fraction of sp³-hybridized carbons (Fsp3) is 0.300. The van der Waals surface area contributed by atoms with E-state index in [0.717, 1.165) is 42.7 Å². The molecule has 140 valence electrons. The van der Waals surface area contributed by atoms with Gasteiger partial charge in [-0.3, -0.25) is 4.90 Å². The Kier molecular flexibility index (Phi) is 5.04. The van der Waals surface area contributed by atoms with Crippen LogP contribution in [0.25, 0.3) is 10.8 Å². The minimum absolute atomic E-state index is 0.179. The number of ether oxygens (including phenoxy) is 1. The number of nitrogens with two attached hydrogens (primary N) is 1. The number of piperazine rings is 1. The first-order valence-corrected chi connectivity index (χ1v) is 9.10. The van der Waals surface area contributed by atoms with E-state index in [1.165, 1.54) is 6.33 Å². The van der Waals surface area contributed by atoms with E-state index in [4.69, 9.17) is 15.6 Å². The molecule has 1 aliphatic heterocycles. The van der Waals surface area contributed by atoms with Crippen LogP contribution in [0.2, 0.25) is 0 Å². The molecule has 2 aromatic carbocycles. The number of aliphatic hydroxyl groups is 1. The number of anilines is 2. The van der Waals surface area contributed by atoms with Gasteiger partial charge in [-0.05, 0) is 11.5 Å². The van der Waals surface area contributed by atoms with Crippen LogP contribution in [-0.2, 0) is 0 Å². The van der Waals surface area contributed by atoms with Crippen molar-refractivity contribution in [3.63, 3.8) is 0 Å². The Labute approximate surface area is 158 Å². The van der Waals surface area contributed by atoms with Gasteiger partial charge in [-0.2, -0.15) is 4.98 Å². The van der Waals surface area contributed by atoms with E-state index < -0.39 is 0 Å². The summed E-state index contributed by atoms with van der Waals surface area (Å²) in [6.07, 6.45) is 1.49. The molecule has 0 saturated carbocycles. The predicted octanol–water partition coefficient (Wildman–Crippen LogP) is 2.12. The van der Waals surface area contributed by atoms with Gasteiger partial charge in [0.25, 0.3) is 0 Å². The number of benzene rings is 2. The molecular weight excluding hydrogens is 342 g/mol. The normalized spacial score (nSPS) is 15.2. The molecule has 4 rings (SSSR count). The Bertz CT molecular complexity index is 920. The molecule has 0 bridgehead atoms.